The fourth-order valence-corrected chi connectivity index (χ4v) is 4.48. The Bertz CT molecular complexity index is 850. The number of halogens is 4. The van der Waals surface area contributed by atoms with Crippen LogP contribution in [0.1, 0.15) is 6.42 Å². The first-order valence-electron chi connectivity index (χ1n) is 6.36. The summed E-state index contributed by atoms with van der Waals surface area (Å²) < 4.78 is 88.6. The van der Waals surface area contributed by atoms with Crippen LogP contribution in [0.5, 0.6) is 0 Å². The summed E-state index contributed by atoms with van der Waals surface area (Å²) in [5, 5.41) is 1.29. The lowest BCUT2D eigenvalue weighted by Gasteiger charge is -2.26. The Morgan fingerprint density at radius 3 is 2.25 bits per heavy atom. The van der Waals surface area contributed by atoms with Crippen LogP contribution in [-0.2, 0) is 24.1 Å². The van der Waals surface area contributed by atoms with Gasteiger partial charge in [-0.3, -0.25) is 5.32 Å². The molecule has 0 saturated carbocycles. The molecule has 0 unspecified atom stereocenters. The van der Waals surface area contributed by atoms with E-state index in [1.54, 1.807) is 6.07 Å². The molecule has 0 spiro atoms. The van der Waals surface area contributed by atoms with Crippen molar-refractivity contribution >= 4 is 35.9 Å². The van der Waals surface area contributed by atoms with Gasteiger partial charge in [-0.25, -0.2) is 8.42 Å². The molecule has 0 aliphatic carbocycles. The van der Waals surface area contributed by atoms with E-state index in [-0.39, 0.29) is 15.9 Å². The Balaban J connectivity index is 2.29. The smallest absolute Gasteiger partial charge is 0.380 e. The number of hydrogen-bond donors (Lipinski definition) is 1. The van der Waals surface area contributed by atoms with Gasteiger partial charge in [0.05, 0.1) is 4.90 Å². The molecule has 1 aliphatic rings. The first-order valence-corrected chi connectivity index (χ1v) is 10.1. The van der Waals surface area contributed by atoms with Crippen LogP contribution < -0.4 is 5.32 Å². The molecule has 12 heteroatoms. The number of hydrogen-bond acceptors (Lipinski definition) is 6. The van der Waals surface area contributed by atoms with Crippen molar-refractivity contribution < 1.29 is 34.2 Å². The van der Waals surface area contributed by atoms with Gasteiger partial charge in [-0.05, 0) is 12.1 Å². The molecule has 0 saturated heterocycles. The third kappa shape index (κ3) is 3.92. The lowest BCUT2D eigenvalue weighted by Crippen LogP contribution is -2.42. The minimum Gasteiger partial charge on any atom is -0.380 e. The Morgan fingerprint density at radius 1 is 1.12 bits per heavy atom. The molecule has 6 nitrogen and oxygen atoms in total. The summed E-state index contributed by atoms with van der Waals surface area (Å²) in [4.78, 5) is -0.0430. The van der Waals surface area contributed by atoms with Gasteiger partial charge in [-0.2, -0.15) is 21.6 Å². The summed E-state index contributed by atoms with van der Waals surface area (Å²) in [5.41, 5.74) is -5.61. The van der Waals surface area contributed by atoms with E-state index in [4.69, 9.17) is 0 Å². The maximum absolute atomic E-state index is 12.5. The second-order valence-corrected chi connectivity index (χ2v) is 9.37. The van der Waals surface area contributed by atoms with Crippen molar-refractivity contribution in [2.75, 3.05) is 6.54 Å². The van der Waals surface area contributed by atoms with Crippen LogP contribution in [0.3, 0.4) is 0 Å². The fourth-order valence-electron chi connectivity index (χ4n) is 1.91. The second kappa shape index (κ2) is 6.65. The molecular weight excluding hydrogens is 439 g/mol. The molecule has 0 fully saturated rings. The molecule has 1 aromatic rings. The van der Waals surface area contributed by atoms with Gasteiger partial charge >= 0.3 is 15.6 Å². The highest BCUT2D eigenvalue weighted by atomic mass is 79.9. The van der Waals surface area contributed by atoms with Crippen molar-refractivity contribution in [3.05, 3.63) is 40.6 Å². The number of benzene rings is 1. The van der Waals surface area contributed by atoms with Crippen molar-refractivity contribution in [2.45, 2.75) is 22.2 Å². The lowest BCUT2D eigenvalue weighted by molar-refractivity contribution is -0.0524. The van der Waals surface area contributed by atoms with Gasteiger partial charge in [-0.15, -0.1) is 0 Å². The zero-order valence-corrected chi connectivity index (χ0v) is 15.0. The largest absolute Gasteiger partial charge is 0.534 e. The zero-order valence-electron chi connectivity index (χ0n) is 11.7. The van der Waals surface area contributed by atoms with Crippen LogP contribution in [0.2, 0.25) is 0 Å². The topological polar surface area (TPSA) is 89.5 Å². The highest BCUT2D eigenvalue weighted by Gasteiger charge is 2.49. The zero-order chi connectivity index (χ0) is 18.2. The van der Waals surface area contributed by atoms with Crippen molar-refractivity contribution in [3.63, 3.8) is 0 Å². The van der Waals surface area contributed by atoms with Gasteiger partial charge in [-0.1, -0.05) is 34.1 Å². The van der Waals surface area contributed by atoms with Crippen molar-refractivity contribution in [1.29, 1.82) is 0 Å². The Labute approximate surface area is 144 Å². The minimum atomic E-state index is -5.87. The Kier molecular flexibility index (Phi) is 5.33. The van der Waals surface area contributed by atoms with Crippen molar-refractivity contribution in [1.82, 2.24) is 5.32 Å². The summed E-state index contributed by atoms with van der Waals surface area (Å²) in [6, 6.07) is 7.25. The summed E-state index contributed by atoms with van der Waals surface area (Å²) in [6.45, 7) is -0.195. The number of nitrogens with one attached hydrogen (secondary N) is 1. The monoisotopic (exact) mass is 449 g/mol. The van der Waals surface area contributed by atoms with E-state index in [9.17, 15) is 30.0 Å². The normalized spacial score (nSPS) is 20.1. The van der Waals surface area contributed by atoms with Crippen LogP contribution in [0.25, 0.3) is 0 Å². The molecule has 0 amide bonds. The molecule has 2 rings (SSSR count). The molecule has 1 aromatic carbocycles. The lowest BCUT2D eigenvalue weighted by atomic mass is 10.2. The molecule has 1 atom stereocenters. The van der Waals surface area contributed by atoms with Gasteiger partial charge in [0.2, 0.25) is 0 Å². The molecular formula is C12H11BrF3NO5S2. The third-order valence-corrected chi connectivity index (χ3v) is 6.82. The van der Waals surface area contributed by atoms with Gasteiger partial charge in [0.1, 0.15) is 11.1 Å². The molecule has 0 bridgehead atoms. The maximum Gasteiger partial charge on any atom is 0.534 e. The first kappa shape index (κ1) is 19.2. The first-order chi connectivity index (χ1) is 10.9. The molecule has 134 valence electrons. The van der Waals surface area contributed by atoms with Crippen LogP contribution >= 0.6 is 15.9 Å². The highest BCUT2D eigenvalue weighted by Crippen LogP contribution is 2.33. The van der Waals surface area contributed by atoms with Gasteiger partial charge in [0.25, 0.3) is 0 Å². The van der Waals surface area contributed by atoms with Gasteiger partial charge in [0.15, 0.2) is 9.84 Å². The van der Waals surface area contributed by atoms with E-state index in [0.29, 0.717) is 0 Å². The van der Waals surface area contributed by atoms with E-state index >= 15 is 0 Å². The molecule has 0 aromatic heterocycles. The molecule has 1 aliphatic heterocycles. The van der Waals surface area contributed by atoms with E-state index < -0.39 is 43.0 Å². The second-order valence-electron chi connectivity index (χ2n) is 4.74. The Morgan fingerprint density at radius 2 is 1.71 bits per heavy atom. The standard InChI is InChI=1S/C12H11BrF3NO5S2/c13-9-7-17-11(23(18,19)8-4-2-1-3-5-8)6-10(9)22-24(20,21)12(14,15)16/h1-5,11,17H,6-7H2/t11-/m1/s1. The van der Waals surface area contributed by atoms with Crippen molar-refractivity contribution in [2.24, 2.45) is 0 Å². The average molecular weight is 450 g/mol. The van der Waals surface area contributed by atoms with E-state index in [1.807, 2.05) is 0 Å². The van der Waals surface area contributed by atoms with Gasteiger partial charge < -0.3 is 4.18 Å². The minimum absolute atomic E-state index is 0.00478. The molecule has 1 N–H and O–H groups in total. The predicted molar refractivity (Wildman–Crippen MR) is 82.0 cm³/mol. The van der Waals surface area contributed by atoms with Crippen LogP contribution in [0, 0.1) is 0 Å². The Hall–Kier alpha value is -1.11. The predicted octanol–water partition coefficient (Wildman–Crippen LogP) is 2.25. The highest BCUT2D eigenvalue weighted by molar-refractivity contribution is 9.11. The fraction of sp³-hybridized carbons (Fsp3) is 0.333. The van der Waals surface area contributed by atoms with Crippen LogP contribution in [0.15, 0.2) is 45.5 Å². The molecule has 24 heavy (non-hydrogen) atoms. The quantitative estimate of drug-likeness (QED) is 0.559. The summed E-state index contributed by atoms with van der Waals surface area (Å²) in [7, 11) is -9.81. The van der Waals surface area contributed by atoms with E-state index in [2.05, 4.69) is 25.4 Å². The summed E-state index contributed by atoms with van der Waals surface area (Å²) in [6.07, 6.45) is -0.576. The molecule has 1 heterocycles. The average Bonchev–Trinajstić information content (AvgIpc) is 2.49. The number of rotatable bonds is 4. The molecule has 0 radical (unpaired) electrons. The maximum atomic E-state index is 12.5. The van der Waals surface area contributed by atoms with E-state index in [1.165, 1.54) is 24.3 Å². The van der Waals surface area contributed by atoms with Gasteiger partial charge in [0, 0.05) is 17.4 Å². The third-order valence-electron chi connectivity index (χ3n) is 3.10. The number of sulfone groups is 1. The summed E-state index contributed by atoms with van der Waals surface area (Å²) >= 11 is 2.89. The summed E-state index contributed by atoms with van der Waals surface area (Å²) in [5.74, 6) is -0.601. The van der Waals surface area contributed by atoms with E-state index in [0.717, 1.165) is 0 Å². The van der Waals surface area contributed by atoms with Crippen LogP contribution in [0.4, 0.5) is 13.2 Å². The van der Waals surface area contributed by atoms with Crippen molar-refractivity contribution in [3.8, 4) is 0 Å². The number of alkyl halides is 3. The SMILES string of the molecule is O=S(=O)(c1ccccc1)[C@@H]1CC(OS(=O)(=O)C(F)(F)F)=C(Br)CN1. The van der Waals surface area contributed by atoms with Crippen LogP contribution in [-0.4, -0.2) is 34.3 Å².